The molecule has 0 aromatic heterocycles. The lowest BCUT2D eigenvalue weighted by Crippen LogP contribution is -2.54. The van der Waals surface area contributed by atoms with Gasteiger partial charge in [-0.3, -0.25) is 4.90 Å². The third-order valence-electron chi connectivity index (χ3n) is 4.26. The van der Waals surface area contributed by atoms with Crippen molar-refractivity contribution < 1.29 is 9.50 Å². The van der Waals surface area contributed by atoms with E-state index in [1.165, 1.54) is 17.7 Å². The molecule has 0 unspecified atom stereocenters. The SMILES string of the molecule is OC[C@@H]1[C@@H](c2ccc(F)cc2)NCCN1Cc1ccccc1. The van der Waals surface area contributed by atoms with Crippen molar-refractivity contribution in [3.05, 3.63) is 71.5 Å². The number of benzene rings is 2. The van der Waals surface area contributed by atoms with Crippen molar-refractivity contribution >= 4 is 0 Å². The lowest BCUT2D eigenvalue weighted by Gasteiger charge is -2.41. The summed E-state index contributed by atoms with van der Waals surface area (Å²) in [6, 6.07) is 16.8. The number of aliphatic hydroxyl groups excluding tert-OH is 1. The number of nitrogens with zero attached hydrogens (tertiary/aromatic N) is 1. The van der Waals surface area contributed by atoms with Gasteiger partial charge in [0.2, 0.25) is 0 Å². The maximum Gasteiger partial charge on any atom is 0.123 e. The first-order chi connectivity index (χ1) is 10.8. The fourth-order valence-corrected chi connectivity index (χ4v) is 3.12. The number of hydrogen-bond acceptors (Lipinski definition) is 3. The predicted molar refractivity (Wildman–Crippen MR) is 84.9 cm³/mol. The zero-order valence-corrected chi connectivity index (χ0v) is 12.5. The van der Waals surface area contributed by atoms with Gasteiger partial charge in [0.25, 0.3) is 0 Å². The zero-order chi connectivity index (χ0) is 15.4. The molecule has 3 nitrogen and oxygen atoms in total. The first kappa shape index (κ1) is 15.2. The molecule has 4 heteroatoms. The average molecular weight is 300 g/mol. The van der Waals surface area contributed by atoms with Gasteiger partial charge in [-0.2, -0.15) is 0 Å². The number of halogens is 1. The highest BCUT2D eigenvalue weighted by atomic mass is 19.1. The Hall–Kier alpha value is -1.75. The van der Waals surface area contributed by atoms with Crippen LogP contribution >= 0.6 is 0 Å². The highest BCUT2D eigenvalue weighted by molar-refractivity contribution is 5.23. The standard InChI is InChI=1S/C18H21FN2O/c19-16-8-6-15(7-9-16)18-17(13-22)21(11-10-20-18)12-14-4-2-1-3-5-14/h1-9,17-18,20,22H,10-13H2/t17-,18-/m1/s1. The second-order valence-corrected chi connectivity index (χ2v) is 5.69. The van der Waals surface area contributed by atoms with Gasteiger partial charge in [0, 0.05) is 19.6 Å². The Morgan fingerprint density at radius 3 is 2.50 bits per heavy atom. The van der Waals surface area contributed by atoms with Gasteiger partial charge in [0.05, 0.1) is 18.7 Å². The largest absolute Gasteiger partial charge is 0.395 e. The van der Waals surface area contributed by atoms with Gasteiger partial charge in [0.1, 0.15) is 5.82 Å². The summed E-state index contributed by atoms with van der Waals surface area (Å²) in [5.41, 5.74) is 2.25. The first-order valence-corrected chi connectivity index (χ1v) is 7.65. The highest BCUT2D eigenvalue weighted by Crippen LogP contribution is 2.25. The summed E-state index contributed by atoms with van der Waals surface area (Å²) in [4.78, 5) is 2.29. The summed E-state index contributed by atoms with van der Waals surface area (Å²) in [5.74, 6) is -0.235. The lowest BCUT2D eigenvalue weighted by molar-refractivity contribution is 0.0614. The van der Waals surface area contributed by atoms with Crippen molar-refractivity contribution in [1.29, 1.82) is 0 Å². The van der Waals surface area contributed by atoms with Crippen LogP contribution in [0.4, 0.5) is 4.39 Å². The summed E-state index contributed by atoms with van der Waals surface area (Å²) in [7, 11) is 0. The van der Waals surface area contributed by atoms with Gasteiger partial charge in [0.15, 0.2) is 0 Å². The molecule has 0 bridgehead atoms. The van der Waals surface area contributed by atoms with Gasteiger partial charge < -0.3 is 10.4 Å². The van der Waals surface area contributed by atoms with E-state index in [-0.39, 0.29) is 24.5 Å². The predicted octanol–water partition coefficient (Wildman–Crippen LogP) is 2.33. The van der Waals surface area contributed by atoms with Crippen molar-refractivity contribution in [2.45, 2.75) is 18.6 Å². The number of hydrogen-bond donors (Lipinski definition) is 2. The molecule has 1 aliphatic rings. The number of aliphatic hydroxyl groups is 1. The van der Waals surface area contributed by atoms with Gasteiger partial charge in [-0.15, -0.1) is 0 Å². The van der Waals surface area contributed by atoms with E-state index in [0.717, 1.165) is 25.2 Å². The normalized spacial score (nSPS) is 22.6. The molecule has 0 amide bonds. The minimum absolute atomic E-state index is 0.0144. The van der Waals surface area contributed by atoms with Crippen LogP contribution in [0.5, 0.6) is 0 Å². The third-order valence-corrected chi connectivity index (χ3v) is 4.26. The Morgan fingerprint density at radius 1 is 1.09 bits per heavy atom. The van der Waals surface area contributed by atoms with Crippen molar-refractivity contribution in [2.75, 3.05) is 19.7 Å². The first-order valence-electron chi connectivity index (χ1n) is 7.65. The van der Waals surface area contributed by atoms with Crippen LogP contribution < -0.4 is 5.32 Å². The molecule has 2 aromatic carbocycles. The lowest BCUT2D eigenvalue weighted by atomic mass is 9.95. The van der Waals surface area contributed by atoms with E-state index in [9.17, 15) is 9.50 Å². The Morgan fingerprint density at radius 2 is 1.82 bits per heavy atom. The molecule has 1 fully saturated rings. The third kappa shape index (κ3) is 3.35. The van der Waals surface area contributed by atoms with Crippen molar-refractivity contribution in [3.8, 4) is 0 Å². The van der Waals surface area contributed by atoms with Crippen LogP contribution in [0.15, 0.2) is 54.6 Å². The maximum atomic E-state index is 13.1. The van der Waals surface area contributed by atoms with Crippen LogP contribution in [0.3, 0.4) is 0 Å². The average Bonchev–Trinajstić information content (AvgIpc) is 2.56. The Bertz CT molecular complexity index is 588. The molecule has 116 valence electrons. The fraction of sp³-hybridized carbons (Fsp3) is 0.333. The molecule has 0 saturated carbocycles. The summed E-state index contributed by atoms with van der Waals surface area (Å²) in [6.07, 6.45) is 0. The molecule has 0 spiro atoms. The number of rotatable bonds is 4. The van der Waals surface area contributed by atoms with Gasteiger partial charge in [-0.25, -0.2) is 4.39 Å². The summed E-state index contributed by atoms with van der Waals surface area (Å²) in [5, 5.41) is 13.3. The van der Waals surface area contributed by atoms with E-state index in [0.29, 0.717) is 0 Å². The molecule has 2 N–H and O–H groups in total. The highest BCUT2D eigenvalue weighted by Gasteiger charge is 2.31. The summed E-state index contributed by atoms with van der Waals surface area (Å²) in [6.45, 7) is 2.62. The minimum atomic E-state index is -0.235. The molecule has 0 aliphatic carbocycles. The molecule has 3 rings (SSSR count). The molecule has 2 atom stereocenters. The Kier molecular flexibility index (Phi) is 4.83. The van der Waals surface area contributed by atoms with Crippen LogP contribution in [0.2, 0.25) is 0 Å². The number of piperazine rings is 1. The molecule has 1 aliphatic heterocycles. The fourth-order valence-electron chi connectivity index (χ4n) is 3.12. The van der Waals surface area contributed by atoms with Gasteiger partial charge in [-0.1, -0.05) is 42.5 Å². The zero-order valence-electron chi connectivity index (χ0n) is 12.5. The maximum absolute atomic E-state index is 13.1. The molecule has 2 aromatic rings. The van der Waals surface area contributed by atoms with E-state index in [2.05, 4.69) is 22.3 Å². The second-order valence-electron chi connectivity index (χ2n) is 5.69. The smallest absolute Gasteiger partial charge is 0.123 e. The summed E-state index contributed by atoms with van der Waals surface area (Å²) < 4.78 is 13.1. The van der Waals surface area contributed by atoms with E-state index in [4.69, 9.17) is 0 Å². The molecular weight excluding hydrogens is 279 g/mol. The van der Waals surface area contributed by atoms with Crippen molar-refractivity contribution in [2.24, 2.45) is 0 Å². The Labute approximate surface area is 130 Å². The number of nitrogens with one attached hydrogen (secondary N) is 1. The summed E-state index contributed by atoms with van der Waals surface area (Å²) >= 11 is 0. The topological polar surface area (TPSA) is 35.5 Å². The van der Waals surface area contributed by atoms with Crippen LogP contribution in [0, 0.1) is 5.82 Å². The van der Waals surface area contributed by atoms with Crippen LogP contribution in [0.1, 0.15) is 17.2 Å². The quantitative estimate of drug-likeness (QED) is 0.910. The van der Waals surface area contributed by atoms with E-state index < -0.39 is 0 Å². The van der Waals surface area contributed by atoms with Crippen molar-refractivity contribution in [1.82, 2.24) is 10.2 Å². The van der Waals surface area contributed by atoms with Crippen LogP contribution in [-0.2, 0) is 6.54 Å². The second kappa shape index (κ2) is 7.01. The van der Waals surface area contributed by atoms with E-state index >= 15 is 0 Å². The van der Waals surface area contributed by atoms with E-state index in [1.807, 2.05) is 18.2 Å². The molecule has 0 radical (unpaired) electrons. The minimum Gasteiger partial charge on any atom is -0.395 e. The molecule has 1 saturated heterocycles. The van der Waals surface area contributed by atoms with Crippen LogP contribution in [0.25, 0.3) is 0 Å². The molecular formula is C18H21FN2O. The van der Waals surface area contributed by atoms with Gasteiger partial charge in [-0.05, 0) is 23.3 Å². The van der Waals surface area contributed by atoms with Crippen molar-refractivity contribution in [3.63, 3.8) is 0 Å². The van der Waals surface area contributed by atoms with E-state index in [1.54, 1.807) is 12.1 Å². The monoisotopic (exact) mass is 300 g/mol. The van der Waals surface area contributed by atoms with Gasteiger partial charge >= 0.3 is 0 Å². The molecule has 1 heterocycles. The Balaban J connectivity index is 1.78. The molecule has 22 heavy (non-hydrogen) atoms. The van der Waals surface area contributed by atoms with Crippen LogP contribution in [-0.4, -0.2) is 35.7 Å².